The number of pyridine rings is 1. The van der Waals surface area contributed by atoms with Crippen LogP contribution in [0, 0.1) is 6.92 Å². The van der Waals surface area contributed by atoms with Gasteiger partial charge in [0, 0.05) is 16.0 Å². The van der Waals surface area contributed by atoms with E-state index in [0.717, 1.165) is 58.3 Å². The number of fused-ring (bicyclic) bond motifs is 3. The van der Waals surface area contributed by atoms with E-state index in [0.29, 0.717) is 0 Å². The van der Waals surface area contributed by atoms with Crippen molar-refractivity contribution in [2.45, 2.75) is 45.4 Å². The number of hydrogen-bond acceptors (Lipinski definition) is 5. The summed E-state index contributed by atoms with van der Waals surface area (Å²) in [5.41, 5.74) is 4.28. The Morgan fingerprint density at radius 3 is 2.53 bits per heavy atom. The van der Waals surface area contributed by atoms with E-state index in [9.17, 15) is 18.0 Å². The molecule has 3 aromatic rings. The number of alkyl halides is 3. The molecule has 0 spiro atoms. The number of hydrogen-bond donors (Lipinski definition) is 0. The molecular formula is C22H20F3NO3S. The fourth-order valence-electron chi connectivity index (χ4n) is 4.01. The van der Waals surface area contributed by atoms with E-state index in [2.05, 4.69) is 4.74 Å². The molecule has 4 nitrogen and oxygen atoms in total. The first-order valence-corrected chi connectivity index (χ1v) is 10.4. The second-order valence-corrected chi connectivity index (χ2v) is 8.35. The van der Waals surface area contributed by atoms with Crippen LogP contribution in [0.1, 0.15) is 34.5 Å². The lowest BCUT2D eigenvalue weighted by Crippen LogP contribution is -2.17. The van der Waals surface area contributed by atoms with Crippen molar-refractivity contribution in [3.05, 3.63) is 46.0 Å². The Balaban J connectivity index is 1.92. The lowest BCUT2D eigenvalue weighted by atomic mass is 9.89. The first kappa shape index (κ1) is 20.7. The van der Waals surface area contributed by atoms with Crippen molar-refractivity contribution in [2.24, 2.45) is 0 Å². The zero-order valence-corrected chi connectivity index (χ0v) is 17.4. The van der Waals surface area contributed by atoms with Gasteiger partial charge in [-0.05, 0) is 67.0 Å². The number of benzene rings is 1. The number of halogens is 3. The lowest BCUT2D eigenvalue weighted by Gasteiger charge is -2.17. The molecule has 0 bridgehead atoms. The maximum absolute atomic E-state index is 12.5. The van der Waals surface area contributed by atoms with Crippen LogP contribution in [0.25, 0.3) is 21.3 Å². The number of esters is 1. The molecule has 8 heteroatoms. The average molecular weight is 435 g/mol. The zero-order valence-electron chi connectivity index (χ0n) is 16.6. The third-order valence-electron chi connectivity index (χ3n) is 5.34. The van der Waals surface area contributed by atoms with E-state index in [1.807, 2.05) is 6.92 Å². The van der Waals surface area contributed by atoms with E-state index in [1.165, 1.54) is 29.7 Å². The Hall–Kier alpha value is -2.61. The molecule has 0 atom stereocenters. The number of carbonyl (C=O) groups is 1. The smallest absolute Gasteiger partial charge is 0.469 e. The highest BCUT2D eigenvalue weighted by Crippen LogP contribution is 2.43. The summed E-state index contributed by atoms with van der Waals surface area (Å²) in [5.74, 6) is -0.670. The Morgan fingerprint density at radius 1 is 1.17 bits per heavy atom. The Bertz CT molecular complexity index is 1100. The number of rotatable bonds is 4. The number of methoxy groups -OCH3 is 1. The molecule has 0 saturated heterocycles. The van der Waals surface area contributed by atoms with Gasteiger partial charge in [-0.2, -0.15) is 0 Å². The quantitative estimate of drug-likeness (QED) is 0.489. The largest absolute Gasteiger partial charge is 0.573 e. The summed E-state index contributed by atoms with van der Waals surface area (Å²) in [6, 6.07) is 5.79. The second-order valence-electron chi connectivity index (χ2n) is 7.27. The lowest BCUT2D eigenvalue weighted by molar-refractivity contribution is -0.274. The monoisotopic (exact) mass is 435 g/mol. The predicted molar refractivity (Wildman–Crippen MR) is 109 cm³/mol. The summed E-state index contributed by atoms with van der Waals surface area (Å²) in [6.07, 6.45) is -0.556. The first-order chi connectivity index (χ1) is 14.3. The maximum Gasteiger partial charge on any atom is 0.573 e. The van der Waals surface area contributed by atoms with Crippen molar-refractivity contribution in [1.82, 2.24) is 4.98 Å². The Kier molecular flexibility index (Phi) is 5.44. The van der Waals surface area contributed by atoms with Crippen LogP contribution in [0.3, 0.4) is 0 Å². The minimum Gasteiger partial charge on any atom is -0.469 e. The molecule has 1 aliphatic carbocycles. The highest BCUT2D eigenvalue weighted by molar-refractivity contribution is 7.19. The molecule has 1 aromatic carbocycles. The van der Waals surface area contributed by atoms with E-state index in [-0.39, 0.29) is 18.1 Å². The number of carbonyl (C=O) groups excluding carboxylic acids is 1. The van der Waals surface area contributed by atoms with Gasteiger partial charge in [-0.1, -0.05) is 12.1 Å². The van der Waals surface area contributed by atoms with Gasteiger partial charge in [0.15, 0.2) is 0 Å². The standard InChI is InChI=1S/C22H20F3NO3S/c1-12-16(11-18(27)28-2)19(13-7-9-14(10-8-13)29-22(23,24)25)20-15-5-3-4-6-17(15)30-21(20)26-12/h7-10H,3-6,11H2,1-2H3. The number of nitrogens with zero attached hydrogens (tertiary/aromatic N) is 1. The van der Waals surface area contributed by atoms with E-state index in [1.54, 1.807) is 23.5 Å². The van der Waals surface area contributed by atoms with Crippen molar-refractivity contribution in [3.8, 4) is 16.9 Å². The summed E-state index contributed by atoms with van der Waals surface area (Å²) < 4.78 is 46.5. The van der Waals surface area contributed by atoms with Crippen LogP contribution in [0.15, 0.2) is 24.3 Å². The van der Waals surface area contributed by atoms with Gasteiger partial charge >= 0.3 is 12.3 Å². The van der Waals surface area contributed by atoms with Gasteiger partial charge in [-0.15, -0.1) is 24.5 Å². The van der Waals surface area contributed by atoms with E-state index >= 15 is 0 Å². The van der Waals surface area contributed by atoms with Crippen molar-refractivity contribution >= 4 is 27.5 Å². The molecule has 0 radical (unpaired) electrons. The number of aryl methyl sites for hydroxylation is 3. The van der Waals surface area contributed by atoms with Gasteiger partial charge in [0.05, 0.1) is 13.5 Å². The highest BCUT2D eigenvalue weighted by Gasteiger charge is 2.31. The Morgan fingerprint density at radius 2 is 1.87 bits per heavy atom. The minimum absolute atomic E-state index is 0.0476. The molecule has 0 aliphatic heterocycles. The molecule has 0 amide bonds. The van der Waals surface area contributed by atoms with Gasteiger partial charge in [0.25, 0.3) is 0 Å². The van der Waals surface area contributed by atoms with Crippen molar-refractivity contribution in [2.75, 3.05) is 7.11 Å². The summed E-state index contributed by atoms with van der Waals surface area (Å²) in [5, 5.41) is 1.00. The fourth-order valence-corrected chi connectivity index (χ4v) is 5.33. The molecule has 0 N–H and O–H groups in total. The summed E-state index contributed by atoms with van der Waals surface area (Å²) in [6.45, 7) is 1.85. The van der Waals surface area contributed by atoms with Crippen molar-refractivity contribution < 1.29 is 27.4 Å². The topological polar surface area (TPSA) is 48.4 Å². The molecule has 2 aromatic heterocycles. The molecular weight excluding hydrogens is 415 g/mol. The molecule has 0 fully saturated rings. The minimum atomic E-state index is -4.75. The normalized spacial score (nSPS) is 13.9. The van der Waals surface area contributed by atoms with Gasteiger partial charge in [0.1, 0.15) is 10.6 Å². The first-order valence-electron chi connectivity index (χ1n) is 9.63. The molecule has 0 saturated carbocycles. The van der Waals surface area contributed by atoms with Crippen LogP contribution in [-0.4, -0.2) is 24.4 Å². The number of ether oxygens (including phenoxy) is 2. The molecule has 2 heterocycles. The Labute approximate surface area is 175 Å². The van der Waals surface area contributed by atoms with E-state index < -0.39 is 6.36 Å². The van der Waals surface area contributed by atoms with Crippen LogP contribution >= 0.6 is 11.3 Å². The molecule has 158 valence electrons. The maximum atomic E-state index is 12.5. The van der Waals surface area contributed by atoms with Gasteiger partial charge in [-0.25, -0.2) is 4.98 Å². The molecule has 1 aliphatic rings. The van der Waals surface area contributed by atoms with E-state index in [4.69, 9.17) is 9.72 Å². The highest BCUT2D eigenvalue weighted by atomic mass is 32.1. The van der Waals surface area contributed by atoms with Crippen LogP contribution in [0.4, 0.5) is 13.2 Å². The van der Waals surface area contributed by atoms with Crippen LogP contribution < -0.4 is 4.74 Å². The van der Waals surface area contributed by atoms with Crippen LogP contribution in [0.2, 0.25) is 0 Å². The average Bonchev–Trinajstić information content (AvgIpc) is 3.05. The van der Waals surface area contributed by atoms with Crippen molar-refractivity contribution in [1.29, 1.82) is 0 Å². The van der Waals surface area contributed by atoms with Crippen molar-refractivity contribution in [3.63, 3.8) is 0 Å². The van der Waals surface area contributed by atoms with Gasteiger partial charge < -0.3 is 9.47 Å². The molecule has 0 unspecified atom stereocenters. The van der Waals surface area contributed by atoms with Gasteiger partial charge in [0.2, 0.25) is 0 Å². The molecule has 4 rings (SSSR count). The fraction of sp³-hybridized carbons (Fsp3) is 0.364. The summed E-state index contributed by atoms with van der Waals surface area (Å²) in [7, 11) is 1.33. The SMILES string of the molecule is COC(=O)Cc1c(C)nc2sc3c(c2c1-c1ccc(OC(F)(F)F)cc1)CCCC3. The number of aromatic nitrogens is 1. The summed E-state index contributed by atoms with van der Waals surface area (Å²) in [4.78, 5) is 19.1. The third kappa shape index (κ3) is 4.01. The van der Waals surface area contributed by atoms with Gasteiger partial charge in [-0.3, -0.25) is 4.79 Å². The second kappa shape index (κ2) is 7.91. The zero-order chi connectivity index (χ0) is 21.5. The predicted octanol–water partition coefficient (Wildman–Crippen LogP) is 5.76. The summed E-state index contributed by atoms with van der Waals surface area (Å²) >= 11 is 1.67. The molecule has 30 heavy (non-hydrogen) atoms. The third-order valence-corrected chi connectivity index (χ3v) is 6.52. The van der Waals surface area contributed by atoms with Crippen LogP contribution in [-0.2, 0) is 28.8 Å². The number of thiophene rings is 1. The van der Waals surface area contributed by atoms with Crippen LogP contribution in [0.5, 0.6) is 5.75 Å².